The van der Waals surface area contributed by atoms with E-state index in [-0.39, 0.29) is 0 Å². The van der Waals surface area contributed by atoms with Gasteiger partial charge in [0.2, 0.25) is 0 Å². The minimum absolute atomic E-state index is 0.516. The van der Waals surface area contributed by atoms with Gasteiger partial charge in [-0.1, -0.05) is 115 Å². The first kappa shape index (κ1) is 73.1. The van der Waals surface area contributed by atoms with Gasteiger partial charge in [-0.25, -0.2) is 0 Å². The van der Waals surface area contributed by atoms with E-state index in [1.54, 1.807) is 36.9 Å². The van der Waals surface area contributed by atoms with E-state index < -0.39 is 7.12 Å². The molecule has 17 aromatic rings. The monoisotopic (exact) mass is 2100 g/mol. The first-order valence-electron chi connectivity index (χ1n) is 31.1. The molecule has 0 saturated heterocycles. The van der Waals surface area contributed by atoms with Crippen molar-refractivity contribution in [3.05, 3.63) is 297 Å². The van der Waals surface area contributed by atoms with Crippen LogP contribution >= 0.6 is 47.8 Å². The molecule has 0 aliphatic carbocycles. The fourth-order valence-corrected chi connectivity index (χ4v) is 14.9. The molecule has 0 atom stereocenters. The Morgan fingerprint density at radius 2 is 0.693 bits per heavy atom. The fourth-order valence-electron chi connectivity index (χ4n) is 11.0. The number of nitrogens with zero attached hydrogens (tertiary/aromatic N) is 3. The quantitative estimate of drug-likeness (QED) is 0.0242. The number of rotatable bonds is 7. The molecule has 0 amide bonds. The topological polar surface area (TPSA) is 265 Å². The number of carbonyl (C=O) groups excluding carboxylic acids is 2. The van der Waals surface area contributed by atoms with Gasteiger partial charge >= 0.3 is 268 Å². The Kier molecular flexibility index (Phi) is 25.3. The minimum atomic E-state index is -1.38. The zero-order valence-corrected chi connectivity index (χ0v) is 71.6. The molecular formula is C79H61BBi3Br3N10O5. The van der Waals surface area contributed by atoms with Crippen LogP contribution in [0.1, 0.15) is 37.4 Å². The molecule has 0 radical (unpaired) electrons. The second-order valence-electron chi connectivity index (χ2n) is 22.8. The predicted molar refractivity (Wildman–Crippen MR) is 431 cm³/mol. The summed E-state index contributed by atoms with van der Waals surface area (Å²) in [5.41, 5.74) is 18.7. The third-order valence-electron chi connectivity index (χ3n) is 16.2. The van der Waals surface area contributed by atoms with Gasteiger partial charge in [0.15, 0.2) is 6.29 Å². The Morgan fingerprint density at radius 1 is 0.366 bits per heavy atom. The van der Waals surface area contributed by atoms with Gasteiger partial charge in [0.25, 0.3) is 0 Å². The molecule has 0 unspecified atom stereocenters. The first-order chi connectivity index (χ1) is 49.1. The number of benzene rings is 10. The molecule has 10 N–H and O–H groups in total. The van der Waals surface area contributed by atoms with Gasteiger partial charge in [0.1, 0.15) is 6.07 Å². The second kappa shape index (κ2) is 35.0. The third-order valence-corrected chi connectivity index (χ3v) is 22.0. The number of H-pyrrole nitrogens is 7. The molecule has 10 aromatic carbocycles. The van der Waals surface area contributed by atoms with Crippen LogP contribution < -0.4 is 15.3 Å². The van der Waals surface area contributed by atoms with Gasteiger partial charge < -0.3 is 30.0 Å². The first-order valence-corrected chi connectivity index (χ1v) is 40.2. The van der Waals surface area contributed by atoms with Crippen LogP contribution in [0.25, 0.3) is 110 Å². The Bertz CT molecular complexity index is 5850. The van der Waals surface area contributed by atoms with Gasteiger partial charge in [-0.05, 0) is 141 Å². The average molecular weight is 2110 g/mol. The van der Waals surface area contributed by atoms with Gasteiger partial charge in [-0.2, -0.15) is 5.26 Å². The summed E-state index contributed by atoms with van der Waals surface area (Å²) in [6, 6.07) is 75.7. The summed E-state index contributed by atoms with van der Waals surface area (Å²) in [5, 5.41) is 54.4. The maximum absolute atomic E-state index is 10.9. The van der Waals surface area contributed by atoms with E-state index in [4.69, 9.17) is 25.8 Å². The summed E-state index contributed by atoms with van der Waals surface area (Å²) in [6.07, 6.45) is 15.8. The van der Waals surface area contributed by atoms with Crippen LogP contribution in [-0.2, 0) is 0 Å². The number of aromatic nitrogens is 7. The Morgan fingerprint density at radius 3 is 1.12 bits per heavy atom. The van der Waals surface area contributed by atoms with Crippen LogP contribution in [0.2, 0.25) is 0 Å². The van der Waals surface area contributed by atoms with Gasteiger partial charge in [0.05, 0.1) is 5.56 Å². The van der Waals surface area contributed by atoms with E-state index in [9.17, 15) is 9.59 Å². The number of hydrogen-bond donors (Lipinski definition) is 10. The molecule has 0 fully saturated rings. The van der Waals surface area contributed by atoms with Crippen molar-refractivity contribution < 1.29 is 24.8 Å². The van der Waals surface area contributed by atoms with Crippen LogP contribution in [0.15, 0.2) is 274 Å². The maximum atomic E-state index is 10.9. The zero-order valence-electron chi connectivity index (χ0n) is 53.4. The molecule has 0 aliphatic rings. The Hall–Kier alpha value is -9.16. The number of aldehydes is 2. The van der Waals surface area contributed by atoms with Gasteiger partial charge in [-0.3, -0.25) is 4.79 Å². The molecule has 17 rings (SSSR count). The van der Waals surface area contributed by atoms with Crippen molar-refractivity contribution in [2.45, 2.75) is 0 Å². The number of aromatic amines is 7. The summed E-state index contributed by atoms with van der Waals surface area (Å²) in [7, 11) is -1.38. The average Bonchev–Trinajstić information content (AvgIpc) is 1.69. The molecular weight excluding hydrogens is 2050 g/mol. The van der Waals surface area contributed by atoms with Crippen molar-refractivity contribution in [3.8, 4) is 45.5 Å². The van der Waals surface area contributed by atoms with Crippen molar-refractivity contribution in [1.82, 2.24) is 34.9 Å². The van der Waals surface area contributed by atoms with Gasteiger partial charge in [-0.15, -0.1) is 0 Å². The molecule has 7 aromatic heterocycles. The molecule has 0 aliphatic heterocycles. The molecule has 0 saturated carbocycles. The number of fused-ring (bicyclic) bond motifs is 7. The molecule has 7 heterocycles. The molecule has 0 bridgehead atoms. The standard InChI is InChI=1S/C15H9BrN2.C15H10BrNO.C14H10BrN.C9H7N2O.C9H5N2.C9H6NO.C8H8BNO2.3Bi.6H/c16-13-4-1-10(2-5-13)11-3-6-15-14(7-11)12(8-17)9-18-15;16-13-4-1-10(2-5-13)11-3-6-15-14(7-11)12(9-18)8-17-15;15-13-4-1-10(2-5-13)11-3-6-14-12(9-11)7-8-16-14;12-11-6-7-5-10-9-4-2-1-3-8(7)9;10-5-7-6-11-9-4-2-1-3-8(7)9;11-6-7-5-10-9-4-2-1-3-8(7)9;11-9(12)7-1-2-8-6(5-7)3-4-10-8;;;;;;;;;/h1-7,9,18H;1-9,17H;1-9,16H;2-6,10,12H;2-4,6,11H;2-6,10H;1-5,10-12H;;;;;;;;;. The van der Waals surface area contributed by atoms with Gasteiger partial charge in [0, 0.05) is 76.6 Å². The summed E-state index contributed by atoms with van der Waals surface area (Å²) in [6.45, 7) is 0. The summed E-state index contributed by atoms with van der Waals surface area (Å²) < 4.78 is 7.27. The number of nitriles is 2. The van der Waals surface area contributed by atoms with Crippen LogP contribution in [-0.4, -0.2) is 150 Å². The summed E-state index contributed by atoms with van der Waals surface area (Å²) in [5.74, 6) is 0. The number of nitrogens with one attached hydrogen (secondary N) is 7. The van der Waals surface area contributed by atoms with Crippen LogP contribution in [0.3, 0.4) is 0 Å². The van der Waals surface area contributed by atoms with E-state index in [0.717, 1.165) is 205 Å². The Balaban J connectivity index is 0.000000119. The number of oxime groups is 1. The molecule has 496 valence electrons. The summed E-state index contributed by atoms with van der Waals surface area (Å²) in [4.78, 5) is 43.2. The number of halogens is 3. The van der Waals surface area contributed by atoms with E-state index in [1.807, 2.05) is 91.4 Å². The van der Waals surface area contributed by atoms with E-state index >= 15 is 0 Å². The van der Waals surface area contributed by atoms with Crippen LogP contribution in [0.4, 0.5) is 0 Å². The van der Waals surface area contributed by atoms with Crippen LogP contribution in [0.5, 0.6) is 0 Å². The normalized spacial score (nSPS) is 10.6. The van der Waals surface area contributed by atoms with Crippen LogP contribution in [0, 0.1) is 22.7 Å². The third kappa shape index (κ3) is 18.7. The van der Waals surface area contributed by atoms with E-state index in [1.165, 1.54) is 38.1 Å². The zero-order chi connectivity index (χ0) is 70.9. The number of carbonyl (C=O) groups is 2. The molecule has 0 spiro atoms. The van der Waals surface area contributed by atoms with Crippen molar-refractivity contribution in [3.63, 3.8) is 0 Å². The predicted octanol–water partition coefficient (Wildman–Crippen LogP) is 14.1. The molecule has 101 heavy (non-hydrogen) atoms. The number of hydrogen-bond acceptors (Lipinski definition) is 8. The van der Waals surface area contributed by atoms with Crippen molar-refractivity contribution in [1.29, 1.82) is 10.5 Å². The van der Waals surface area contributed by atoms with E-state index in [0.29, 0.717) is 16.6 Å². The summed E-state index contributed by atoms with van der Waals surface area (Å²) >= 11 is 12.8. The fraction of sp³-hybridized carbons (Fsp3) is 0. The SMILES string of the molecule is Brc1ccc(-c2ccc3[nH]ccc3c2)cc1.N#Cc1c[nH]c2cc[c]([BiH2])cc12.N#Cc1c[nH]c2ccc(-c3ccc(Br)cc3)cc12.O=Cc1c[nH]c2cc[c]([BiH2])cc12.O=Cc1c[nH]c2ccc(-c3ccc(Br)cc3)cc12.OB(O)c1ccc2[nH]ccc2c1.ON=Cc1c[nH]c2cc[c]([BiH2])cc12. The molecule has 22 heteroatoms. The van der Waals surface area contributed by atoms with Crippen molar-refractivity contribution in [2.24, 2.45) is 5.16 Å². The Labute approximate surface area is 650 Å². The second-order valence-corrected chi connectivity index (χ2v) is 33.3. The molecule has 15 nitrogen and oxygen atoms in total. The van der Waals surface area contributed by atoms with Crippen molar-refractivity contribution >= 4 is 239 Å². The van der Waals surface area contributed by atoms with E-state index in [2.05, 4.69) is 227 Å². The van der Waals surface area contributed by atoms with Crippen molar-refractivity contribution in [2.75, 3.05) is 0 Å².